The van der Waals surface area contributed by atoms with E-state index in [0.29, 0.717) is 19.8 Å². The number of carbonyl (C=O) groups is 2. The second-order valence-electron chi connectivity index (χ2n) is 6.11. The van der Waals surface area contributed by atoms with Crippen LogP contribution in [0.2, 0.25) is 0 Å². The van der Waals surface area contributed by atoms with Crippen molar-refractivity contribution in [2.75, 3.05) is 26.4 Å². The van der Waals surface area contributed by atoms with Gasteiger partial charge in [0.15, 0.2) is 0 Å². The molecular weight excluding hydrogens is 264 g/mol. The normalized spacial score (nSPS) is 34.9. The van der Waals surface area contributed by atoms with Crippen LogP contribution in [0.5, 0.6) is 0 Å². The van der Waals surface area contributed by atoms with Crippen molar-refractivity contribution in [2.45, 2.75) is 44.4 Å². The number of rotatable bonds is 6. The van der Waals surface area contributed by atoms with Crippen LogP contribution in [0.1, 0.15) is 27.2 Å². The molecule has 0 saturated carbocycles. The average Bonchev–Trinajstić information content (AvgIpc) is 3.29. The van der Waals surface area contributed by atoms with Crippen molar-refractivity contribution in [1.29, 1.82) is 0 Å². The number of epoxide rings is 2. The number of hydrogen-bond acceptors (Lipinski definition) is 5. The zero-order valence-corrected chi connectivity index (χ0v) is 12.0. The molecule has 3 amide bonds. The lowest BCUT2D eigenvalue weighted by Gasteiger charge is -2.26. The number of carbonyl (C=O) groups excluding carboxylic acids is 2. The Morgan fingerprint density at radius 1 is 1.40 bits per heavy atom. The van der Waals surface area contributed by atoms with Gasteiger partial charge in [0, 0.05) is 0 Å². The first-order valence-corrected chi connectivity index (χ1v) is 6.94. The second kappa shape index (κ2) is 4.41. The van der Waals surface area contributed by atoms with Crippen molar-refractivity contribution in [1.82, 2.24) is 9.96 Å². The number of nitrogens with zero attached hydrogens (tertiary/aromatic N) is 2. The molecule has 3 heterocycles. The lowest BCUT2D eigenvalue weighted by molar-refractivity contribution is -0.170. The van der Waals surface area contributed by atoms with Gasteiger partial charge < -0.3 is 14.4 Å². The van der Waals surface area contributed by atoms with Crippen LogP contribution in [0.25, 0.3) is 0 Å². The predicted molar refractivity (Wildman–Crippen MR) is 67.7 cm³/mol. The fourth-order valence-electron chi connectivity index (χ4n) is 2.27. The van der Waals surface area contributed by atoms with Crippen LogP contribution in [-0.4, -0.2) is 65.5 Å². The summed E-state index contributed by atoms with van der Waals surface area (Å²) in [6.07, 6.45) is 0.839. The first-order valence-electron chi connectivity index (χ1n) is 6.94. The van der Waals surface area contributed by atoms with Gasteiger partial charge in [-0.05, 0) is 20.3 Å². The molecule has 0 aromatic rings. The predicted octanol–water partition coefficient (Wildman–Crippen LogP) is 0.539. The third kappa shape index (κ3) is 2.19. The molecule has 0 N–H and O–H groups in total. The van der Waals surface area contributed by atoms with Gasteiger partial charge in [0.1, 0.15) is 17.7 Å². The Bertz CT molecular complexity index is 442. The Hall–Kier alpha value is -1.18. The fourth-order valence-corrected chi connectivity index (χ4v) is 2.27. The van der Waals surface area contributed by atoms with E-state index in [1.807, 2.05) is 6.92 Å². The fraction of sp³-hybridized carbons (Fsp3) is 0.846. The van der Waals surface area contributed by atoms with Gasteiger partial charge in [0.2, 0.25) is 0 Å². The molecule has 0 aromatic carbocycles. The van der Waals surface area contributed by atoms with Crippen LogP contribution in [0, 0.1) is 0 Å². The lowest BCUT2D eigenvalue weighted by atomic mass is 10.0. The molecule has 3 rings (SSSR count). The van der Waals surface area contributed by atoms with Crippen molar-refractivity contribution in [3.63, 3.8) is 0 Å². The molecule has 0 bridgehead atoms. The highest BCUT2D eigenvalue weighted by atomic mass is 16.7. The third-order valence-corrected chi connectivity index (χ3v) is 4.23. The molecular formula is C13H20N2O5. The summed E-state index contributed by atoms with van der Waals surface area (Å²) in [5, 5.41) is 0.876. The molecule has 7 nitrogen and oxygen atoms in total. The van der Waals surface area contributed by atoms with Crippen molar-refractivity contribution in [2.24, 2.45) is 0 Å². The molecule has 2 unspecified atom stereocenters. The number of ether oxygens (including phenoxy) is 2. The number of imide groups is 1. The van der Waals surface area contributed by atoms with Crippen LogP contribution in [0.15, 0.2) is 0 Å². The zero-order valence-electron chi connectivity index (χ0n) is 12.0. The Kier molecular flexibility index (Phi) is 3.04. The Morgan fingerprint density at radius 3 is 2.55 bits per heavy atom. The number of hydrogen-bond donors (Lipinski definition) is 0. The minimum Gasteiger partial charge on any atom is -0.371 e. The standard InChI is InChI=1S/C13H20N2O5/c1-4-13(7-19-13)8-20-15-10(16)12(2,3)14(11(15)17)5-9-6-18-9/h9H,4-8H2,1-3H3. The quantitative estimate of drug-likeness (QED) is 0.525. The van der Waals surface area contributed by atoms with E-state index in [-0.39, 0.29) is 24.2 Å². The summed E-state index contributed by atoms with van der Waals surface area (Å²) in [6.45, 7) is 7.34. The van der Waals surface area contributed by atoms with E-state index in [1.165, 1.54) is 4.90 Å². The Balaban J connectivity index is 1.67. The van der Waals surface area contributed by atoms with Crippen molar-refractivity contribution in [3.8, 4) is 0 Å². The highest BCUT2D eigenvalue weighted by Crippen LogP contribution is 2.34. The average molecular weight is 284 g/mol. The van der Waals surface area contributed by atoms with E-state index in [9.17, 15) is 9.59 Å². The Labute approximate surface area is 117 Å². The lowest BCUT2D eigenvalue weighted by Crippen LogP contribution is -2.45. The summed E-state index contributed by atoms with van der Waals surface area (Å²) < 4.78 is 10.5. The number of urea groups is 1. The van der Waals surface area contributed by atoms with E-state index in [0.717, 1.165) is 11.5 Å². The van der Waals surface area contributed by atoms with Crippen molar-refractivity contribution >= 4 is 11.9 Å². The minimum absolute atomic E-state index is 0.0414. The van der Waals surface area contributed by atoms with Crippen LogP contribution in [0.4, 0.5) is 4.79 Å². The van der Waals surface area contributed by atoms with Crippen LogP contribution in [0.3, 0.4) is 0 Å². The van der Waals surface area contributed by atoms with E-state index in [2.05, 4.69) is 0 Å². The zero-order chi connectivity index (χ0) is 14.5. The van der Waals surface area contributed by atoms with Crippen LogP contribution in [-0.2, 0) is 19.1 Å². The molecule has 112 valence electrons. The van der Waals surface area contributed by atoms with Crippen LogP contribution >= 0.6 is 0 Å². The number of amides is 3. The molecule has 3 saturated heterocycles. The molecule has 3 aliphatic rings. The summed E-state index contributed by atoms with van der Waals surface area (Å²) in [7, 11) is 0. The van der Waals surface area contributed by atoms with Gasteiger partial charge in [-0.25, -0.2) is 4.79 Å². The summed E-state index contributed by atoms with van der Waals surface area (Å²) in [4.78, 5) is 31.6. The molecule has 20 heavy (non-hydrogen) atoms. The van der Waals surface area contributed by atoms with E-state index in [4.69, 9.17) is 14.3 Å². The van der Waals surface area contributed by atoms with E-state index in [1.54, 1.807) is 13.8 Å². The van der Waals surface area contributed by atoms with E-state index >= 15 is 0 Å². The highest BCUT2D eigenvalue weighted by Gasteiger charge is 2.55. The third-order valence-electron chi connectivity index (χ3n) is 4.23. The molecule has 0 aliphatic carbocycles. The highest BCUT2D eigenvalue weighted by molar-refractivity contribution is 6.05. The SMILES string of the molecule is CCC1(CON2C(=O)N(CC3CO3)C(C)(C)C2=O)CO1. The maximum absolute atomic E-state index is 12.3. The Morgan fingerprint density at radius 2 is 2.05 bits per heavy atom. The van der Waals surface area contributed by atoms with Crippen LogP contribution < -0.4 is 0 Å². The van der Waals surface area contributed by atoms with Gasteiger partial charge in [0.25, 0.3) is 5.91 Å². The molecule has 2 atom stereocenters. The van der Waals surface area contributed by atoms with Gasteiger partial charge in [-0.2, -0.15) is 0 Å². The van der Waals surface area contributed by atoms with E-state index < -0.39 is 11.6 Å². The maximum atomic E-state index is 12.3. The smallest absolute Gasteiger partial charge is 0.352 e. The van der Waals surface area contributed by atoms with Crippen molar-refractivity contribution in [3.05, 3.63) is 0 Å². The maximum Gasteiger partial charge on any atom is 0.352 e. The van der Waals surface area contributed by atoms with Gasteiger partial charge >= 0.3 is 6.03 Å². The van der Waals surface area contributed by atoms with Gasteiger partial charge in [-0.3, -0.25) is 9.63 Å². The monoisotopic (exact) mass is 284 g/mol. The van der Waals surface area contributed by atoms with Gasteiger partial charge in [-0.15, -0.1) is 5.06 Å². The van der Waals surface area contributed by atoms with Gasteiger partial charge in [0.05, 0.1) is 25.9 Å². The summed E-state index contributed by atoms with van der Waals surface area (Å²) in [5.74, 6) is -0.338. The molecule has 7 heteroatoms. The molecule has 0 spiro atoms. The molecule has 0 radical (unpaired) electrons. The van der Waals surface area contributed by atoms with Crippen molar-refractivity contribution < 1.29 is 23.9 Å². The first-order chi connectivity index (χ1) is 9.39. The molecule has 3 aliphatic heterocycles. The molecule has 0 aromatic heterocycles. The summed E-state index contributed by atoms with van der Waals surface area (Å²) in [6, 6.07) is -0.414. The number of hydroxylamine groups is 2. The topological polar surface area (TPSA) is 74.9 Å². The second-order valence-corrected chi connectivity index (χ2v) is 6.11. The molecule has 3 fully saturated rings. The summed E-state index contributed by atoms with van der Waals surface area (Å²) >= 11 is 0. The summed E-state index contributed by atoms with van der Waals surface area (Å²) in [5.41, 5.74) is -1.22. The minimum atomic E-state index is -0.896. The first kappa shape index (κ1) is 13.8. The largest absolute Gasteiger partial charge is 0.371 e. The van der Waals surface area contributed by atoms with Gasteiger partial charge in [-0.1, -0.05) is 6.92 Å².